The fourth-order valence-electron chi connectivity index (χ4n) is 1.22. The van der Waals surface area contributed by atoms with Crippen molar-refractivity contribution < 1.29 is 8.42 Å². The van der Waals surface area contributed by atoms with E-state index in [1.165, 1.54) is 29.5 Å². The number of sulfonamides is 1. The molecule has 2 aromatic rings. The molecule has 0 fully saturated rings. The predicted molar refractivity (Wildman–Crippen MR) is 72.6 cm³/mol. The van der Waals surface area contributed by atoms with Crippen LogP contribution in [0.3, 0.4) is 0 Å². The Kier molecular flexibility index (Phi) is 4.24. The molecule has 0 atom stereocenters. The Morgan fingerprint density at radius 2 is 2.06 bits per heavy atom. The quantitative estimate of drug-likeness (QED) is 0.941. The van der Waals surface area contributed by atoms with Crippen LogP contribution in [-0.2, 0) is 16.6 Å². The van der Waals surface area contributed by atoms with Crippen LogP contribution in [-0.4, -0.2) is 13.4 Å². The molecule has 0 bridgehead atoms. The molecule has 0 radical (unpaired) electrons. The van der Waals surface area contributed by atoms with E-state index in [-0.39, 0.29) is 16.5 Å². The lowest BCUT2D eigenvalue weighted by molar-refractivity contribution is 0.581. The number of aromatic nitrogens is 1. The lowest BCUT2D eigenvalue weighted by Gasteiger charge is -2.06. The van der Waals surface area contributed by atoms with E-state index in [0.29, 0.717) is 10.0 Å². The van der Waals surface area contributed by atoms with E-state index >= 15 is 0 Å². The molecule has 96 valence electrons. The van der Waals surface area contributed by atoms with Gasteiger partial charge in [0.05, 0.1) is 21.5 Å². The first-order valence-electron chi connectivity index (χ1n) is 4.82. The van der Waals surface area contributed by atoms with Crippen molar-refractivity contribution in [2.45, 2.75) is 11.4 Å². The summed E-state index contributed by atoms with van der Waals surface area (Å²) in [7, 11) is -3.60. The van der Waals surface area contributed by atoms with E-state index in [4.69, 9.17) is 23.2 Å². The summed E-state index contributed by atoms with van der Waals surface area (Å²) in [5.74, 6) is 0. The average molecular weight is 323 g/mol. The van der Waals surface area contributed by atoms with Crippen LogP contribution < -0.4 is 4.72 Å². The third-order valence-electron chi connectivity index (χ3n) is 2.10. The fourth-order valence-corrected chi connectivity index (χ4v) is 3.25. The maximum Gasteiger partial charge on any atom is 0.241 e. The Morgan fingerprint density at radius 1 is 1.28 bits per heavy atom. The van der Waals surface area contributed by atoms with Crippen LogP contribution in [0.1, 0.15) is 5.01 Å². The summed E-state index contributed by atoms with van der Waals surface area (Å²) in [4.78, 5) is 4.07. The molecule has 0 aliphatic rings. The van der Waals surface area contributed by atoms with Crippen LogP contribution in [0.5, 0.6) is 0 Å². The highest BCUT2D eigenvalue weighted by Gasteiger charge is 2.15. The number of rotatable bonds is 4. The van der Waals surface area contributed by atoms with Crippen molar-refractivity contribution in [3.05, 3.63) is 44.8 Å². The van der Waals surface area contributed by atoms with Crippen LogP contribution in [0, 0.1) is 0 Å². The summed E-state index contributed by atoms with van der Waals surface area (Å²) >= 11 is 12.9. The van der Waals surface area contributed by atoms with Crippen molar-refractivity contribution in [1.29, 1.82) is 0 Å². The molecule has 0 aliphatic heterocycles. The van der Waals surface area contributed by atoms with E-state index in [1.54, 1.807) is 11.6 Å². The van der Waals surface area contributed by atoms with Crippen molar-refractivity contribution in [3.63, 3.8) is 0 Å². The monoisotopic (exact) mass is 322 g/mol. The Balaban J connectivity index is 2.17. The summed E-state index contributed by atoms with van der Waals surface area (Å²) in [5.41, 5.74) is 0. The molecule has 0 saturated carbocycles. The Hall–Kier alpha value is -0.660. The number of thiazole rings is 1. The van der Waals surface area contributed by atoms with Gasteiger partial charge in [-0.2, -0.15) is 0 Å². The minimum atomic E-state index is -3.60. The highest BCUT2D eigenvalue weighted by Crippen LogP contribution is 2.24. The number of benzene rings is 1. The predicted octanol–water partition coefficient (Wildman–Crippen LogP) is 2.93. The van der Waals surface area contributed by atoms with Gasteiger partial charge in [-0.25, -0.2) is 18.1 Å². The molecular weight excluding hydrogens is 315 g/mol. The van der Waals surface area contributed by atoms with Gasteiger partial charge < -0.3 is 0 Å². The molecular formula is C10H8Cl2N2O2S2. The molecule has 18 heavy (non-hydrogen) atoms. The highest BCUT2D eigenvalue weighted by molar-refractivity contribution is 7.89. The van der Waals surface area contributed by atoms with Crippen LogP contribution in [0.25, 0.3) is 0 Å². The SMILES string of the molecule is O=S(=O)(NCc1nccs1)c1ccc(Cl)c(Cl)c1. The molecule has 1 aromatic heterocycles. The van der Waals surface area contributed by atoms with Gasteiger partial charge in [0.2, 0.25) is 10.0 Å². The van der Waals surface area contributed by atoms with Crippen LogP contribution in [0.4, 0.5) is 0 Å². The summed E-state index contributed by atoms with van der Waals surface area (Å²) in [5, 5.41) is 2.99. The standard InChI is InChI=1S/C10H8Cl2N2O2S2/c11-8-2-1-7(5-9(8)12)18(15,16)14-6-10-13-3-4-17-10/h1-5,14H,6H2. The van der Waals surface area contributed by atoms with E-state index in [2.05, 4.69) is 9.71 Å². The Bertz CT molecular complexity index is 642. The summed E-state index contributed by atoms with van der Waals surface area (Å²) < 4.78 is 26.4. The second-order valence-electron chi connectivity index (χ2n) is 3.33. The fraction of sp³-hybridized carbons (Fsp3) is 0.100. The molecule has 0 spiro atoms. The first-order chi connectivity index (χ1) is 8.49. The molecule has 0 unspecified atom stereocenters. The zero-order valence-electron chi connectivity index (χ0n) is 8.93. The van der Waals surface area contributed by atoms with Crippen molar-refractivity contribution in [2.75, 3.05) is 0 Å². The summed E-state index contributed by atoms with van der Waals surface area (Å²) in [6, 6.07) is 4.16. The van der Waals surface area contributed by atoms with Crippen molar-refractivity contribution >= 4 is 44.6 Å². The molecule has 2 rings (SSSR count). The van der Waals surface area contributed by atoms with E-state index in [9.17, 15) is 8.42 Å². The summed E-state index contributed by atoms with van der Waals surface area (Å²) in [6.45, 7) is 0.153. The number of halogens is 2. The summed E-state index contributed by atoms with van der Waals surface area (Å²) in [6.07, 6.45) is 1.62. The van der Waals surface area contributed by atoms with Gasteiger partial charge >= 0.3 is 0 Å². The number of hydrogen-bond donors (Lipinski definition) is 1. The maximum atomic E-state index is 12.0. The smallest absolute Gasteiger partial charge is 0.241 e. The number of hydrogen-bond acceptors (Lipinski definition) is 4. The van der Waals surface area contributed by atoms with Gasteiger partial charge in [-0.1, -0.05) is 23.2 Å². The zero-order valence-corrected chi connectivity index (χ0v) is 12.1. The van der Waals surface area contributed by atoms with E-state index in [1.807, 2.05) is 0 Å². The first-order valence-corrected chi connectivity index (χ1v) is 7.94. The average Bonchev–Trinajstić information content (AvgIpc) is 2.83. The van der Waals surface area contributed by atoms with Gasteiger partial charge in [-0.3, -0.25) is 0 Å². The topological polar surface area (TPSA) is 59.1 Å². The lowest BCUT2D eigenvalue weighted by atomic mass is 10.4. The van der Waals surface area contributed by atoms with Crippen LogP contribution in [0.2, 0.25) is 10.0 Å². The van der Waals surface area contributed by atoms with Gasteiger partial charge in [0.15, 0.2) is 0 Å². The molecule has 0 saturated heterocycles. The Labute approximate surface area is 119 Å². The second-order valence-corrected chi connectivity index (χ2v) is 6.89. The third kappa shape index (κ3) is 3.21. The third-order valence-corrected chi connectivity index (χ3v) is 5.02. The molecule has 1 aromatic carbocycles. The van der Waals surface area contributed by atoms with Gasteiger partial charge in [0.25, 0.3) is 0 Å². The first kappa shape index (κ1) is 13.8. The minimum Gasteiger partial charge on any atom is -0.248 e. The van der Waals surface area contributed by atoms with Crippen LogP contribution in [0.15, 0.2) is 34.7 Å². The zero-order chi connectivity index (χ0) is 13.2. The Morgan fingerprint density at radius 3 is 2.67 bits per heavy atom. The van der Waals surface area contributed by atoms with Crippen LogP contribution >= 0.6 is 34.5 Å². The number of nitrogens with one attached hydrogen (secondary N) is 1. The maximum absolute atomic E-state index is 12.0. The van der Waals surface area contributed by atoms with Gasteiger partial charge in [0, 0.05) is 11.6 Å². The van der Waals surface area contributed by atoms with Gasteiger partial charge in [-0.15, -0.1) is 11.3 Å². The lowest BCUT2D eigenvalue weighted by Crippen LogP contribution is -2.23. The largest absolute Gasteiger partial charge is 0.248 e. The molecule has 0 amide bonds. The van der Waals surface area contributed by atoms with E-state index in [0.717, 1.165) is 0 Å². The molecule has 4 nitrogen and oxygen atoms in total. The normalized spacial score (nSPS) is 11.7. The molecule has 1 N–H and O–H groups in total. The number of nitrogens with zero attached hydrogens (tertiary/aromatic N) is 1. The van der Waals surface area contributed by atoms with Gasteiger partial charge in [0.1, 0.15) is 5.01 Å². The van der Waals surface area contributed by atoms with Crippen molar-refractivity contribution in [3.8, 4) is 0 Å². The van der Waals surface area contributed by atoms with Crippen molar-refractivity contribution in [1.82, 2.24) is 9.71 Å². The molecule has 1 heterocycles. The molecule has 8 heteroatoms. The van der Waals surface area contributed by atoms with E-state index < -0.39 is 10.0 Å². The van der Waals surface area contributed by atoms with Crippen molar-refractivity contribution in [2.24, 2.45) is 0 Å². The second kappa shape index (κ2) is 5.54. The van der Waals surface area contributed by atoms with Gasteiger partial charge in [-0.05, 0) is 18.2 Å². The minimum absolute atomic E-state index is 0.0773. The highest BCUT2D eigenvalue weighted by atomic mass is 35.5. The molecule has 0 aliphatic carbocycles.